The molecule has 104 valence electrons. The number of benzene rings is 1. The SMILES string of the molecule is Nc1cnccc1Nc1ccc(N2CCOCC2)cc1. The molecule has 1 saturated heterocycles. The standard InChI is InChI=1S/C15H18N4O/c16-14-11-17-6-5-15(14)18-12-1-3-13(4-2-12)19-7-9-20-10-8-19/h1-6,11H,7-10,16H2,(H,17,18). The van der Waals surface area contributed by atoms with E-state index in [1.807, 2.05) is 6.07 Å². The molecule has 1 aliphatic heterocycles. The Labute approximate surface area is 118 Å². The largest absolute Gasteiger partial charge is 0.396 e. The number of ether oxygens (including phenoxy) is 1. The summed E-state index contributed by atoms with van der Waals surface area (Å²) in [6.45, 7) is 3.50. The van der Waals surface area contributed by atoms with E-state index in [1.54, 1.807) is 12.4 Å². The summed E-state index contributed by atoms with van der Waals surface area (Å²) in [7, 11) is 0. The first-order valence-corrected chi connectivity index (χ1v) is 6.72. The molecule has 2 aromatic rings. The molecule has 0 saturated carbocycles. The van der Waals surface area contributed by atoms with E-state index in [0.29, 0.717) is 5.69 Å². The number of pyridine rings is 1. The van der Waals surface area contributed by atoms with Crippen molar-refractivity contribution in [1.29, 1.82) is 0 Å². The van der Waals surface area contributed by atoms with Gasteiger partial charge in [0.1, 0.15) is 0 Å². The third-order valence-electron chi connectivity index (χ3n) is 3.37. The first-order valence-electron chi connectivity index (χ1n) is 6.72. The lowest BCUT2D eigenvalue weighted by Crippen LogP contribution is -2.36. The van der Waals surface area contributed by atoms with E-state index in [-0.39, 0.29) is 0 Å². The summed E-state index contributed by atoms with van der Waals surface area (Å²) in [4.78, 5) is 6.31. The molecule has 1 fully saturated rings. The minimum Gasteiger partial charge on any atom is -0.396 e. The number of nitrogens with zero attached hydrogens (tertiary/aromatic N) is 2. The zero-order valence-electron chi connectivity index (χ0n) is 11.2. The fourth-order valence-electron chi connectivity index (χ4n) is 2.25. The molecule has 3 N–H and O–H groups in total. The van der Waals surface area contributed by atoms with Crippen molar-refractivity contribution in [3.63, 3.8) is 0 Å². The van der Waals surface area contributed by atoms with Gasteiger partial charge < -0.3 is 20.7 Å². The average molecular weight is 270 g/mol. The van der Waals surface area contributed by atoms with Crippen molar-refractivity contribution < 1.29 is 4.74 Å². The number of rotatable bonds is 3. The van der Waals surface area contributed by atoms with Gasteiger partial charge in [-0.3, -0.25) is 4.98 Å². The topological polar surface area (TPSA) is 63.4 Å². The molecule has 1 aliphatic rings. The van der Waals surface area contributed by atoms with Gasteiger partial charge >= 0.3 is 0 Å². The van der Waals surface area contributed by atoms with Crippen LogP contribution in [0.25, 0.3) is 0 Å². The molecule has 5 nitrogen and oxygen atoms in total. The van der Waals surface area contributed by atoms with E-state index in [0.717, 1.165) is 37.7 Å². The van der Waals surface area contributed by atoms with Crippen LogP contribution in [0.1, 0.15) is 0 Å². The van der Waals surface area contributed by atoms with Gasteiger partial charge in [-0.2, -0.15) is 0 Å². The summed E-state index contributed by atoms with van der Waals surface area (Å²) < 4.78 is 5.36. The van der Waals surface area contributed by atoms with Crippen molar-refractivity contribution in [2.45, 2.75) is 0 Å². The highest BCUT2D eigenvalue weighted by Gasteiger charge is 2.10. The van der Waals surface area contributed by atoms with Gasteiger partial charge in [0.15, 0.2) is 0 Å². The van der Waals surface area contributed by atoms with Gasteiger partial charge in [0.2, 0.25) is 0 Å². The van der Waals surface area contributed by atoms with Crippen LogP contribution in [-0.4, -0.2) is 31.3 Å². The lowest BCUT2D eigenvalue weighted by atomic mass is 10.2. The Hall–Kier alpha value is -2.27. The van der Waals surface area contributed by atoms with Gasteiger partial charge in [0.05, 0.1) is 30.8 Å². The predicted molar refractivity (Wildman–Crippen MR) is 81.4 cm³/mol. The number of morpholine rings is 1. The van der Waals surface area contributed by atoms with Crippen LogP contribution in [0, 0.1) is 0 Å². The fourth-order valence-corrected chi connectivity index (χ4v) is 2.25. The summed E-state index contributed by atoms with van der Waals surface area (Å²) in [5.41, 5.74) is 9.62. The van der Waals surface area contributed by atoms with Crippen LogP contribution in [0.5, 0.6) is 0 Å². The van der Waals surface area contributed by atoms with Crippen molar-refractivity contribution in [2.24, 2.45) is 0 Å². The van der Waals surface area contributed by atoms with Gasteiger partial charge in [0, 0.05) is 30.7 Å². The van der Waals surface area contributed by atoms with Crippen molar-refractivity contribution in [3.8, 4) is 0 Å². The third-order valence-corrected chi connectivity index (χ3v) is 3.37. The van der Waals surface area contributed by atoms with Crippen molar-refractivity contribution in [2.75, 3.05) is 42.3 Å². The van der Waals surface area contributed by atoms with Crippen LogP contribution in [0.4, 0.5) is 22.7 Å². The maximum absolute atomic E-state index is 5.87. The first-order chi connectivity index (χ1) is 9.83. The number of anilines is 4. The van der Waals surface area contributed by atoms with Crippen LogP contribution in [0.15, 0.2) is 42.7 Å². The highest BCUT2D eigenvalue weighted by atomic mass is 16.5. The van der Waals surface area contributed by atoms with Crippen LogP contribution in [-0.2, 0) is 4.74 Å². The number of nitrogens with one attached hydrogen (secondary N) is 1. The third kappa shape index (κ3) is 2.83. The normalized spacial score (nSPS) is 15.1. The lowest BCUT2D eigenvalue weighted by molar-refractivity contribution is 0.122. The molecular formula is C15H18N4O. The molecule has 0 bridgehead atoms. The molecule has 2 heterocycles. The molecule has 5 heteroatoms. The number of nitrogen functional groups attached to an aromatic ring is 1. The summed E-state index contributed by atoms with van der Waals surface area (Å²) in [5, 5.41) is 3.29. The molecule has 0 aliphatic carbocycles. The second kappa shape index (κ2) is 5.79. The Bertz CT molecular complexity index is 564. The number of aromatic nitrogens is 1. The Morgan fingerprint density at radius 3 is 2.55 bits per heavy atom. The molecule has 1 aromatic carbocycles. The van der Waals surface area contributed by atoms with E-state index in [1.165, 1.54) is 5.69 Å². The Kier molecular flexibility index (Phi) is 3.69. The second-order valence-electron chi connectivity index (χ2n) is 4.73. The quantitative estimate of drug-likeness (QED) is 0.895. The van der Waals surface area contributed by atoms with Crippen LogP contribution in [0.2, 0.25) is 0 Å². The first kappa shape index (κ1) is 12.7. The Morgan fingerprint density at radius 2 is 1.85 bits per heavy atom. The van der Waals surface area contributed by atoms with Crippen molar-refractivity contribution in [1.82, 2.24) is 4.98 Å². The molecule has 0 atom stereocenters. The van der Waals surface area contributed by atoms with Gasteiger partial charge in [-0.05, 0) is 30.3 Å². The maximum atomic E-state index is 5.87. The molecule has 0 radical (unpaired) electrons. The highest BCUT2D eigenvalue weighted by molar-refractivity contribution is 5.72. The van der Waals surface area contributed by atoms with E-state index in [9.17, 15) is 0 Å². The van der Waals surface area contributed by atoms with E-state index >= 15 is 0 Å². The van der Waals surface area contributed by atoms with Gasteiger partial charge in [-0.15, -0.1) is 0 Å². The summed E-state index contributed by atoms with van der Waals surface area (Å²) in [6, 6.07) is 10.2. The average Bonchev–Trinajstić information content (AvgIpc) is 2.51. The summed E-state index contributed by atoms with van der Waals surface area (Å²) >= 11 is 0. The van der Waals surface area contributed by atoms with Crippen LogP contribution >= 0.6 is 0 Å². The zero-order chi connectivity index (χ0) is 13.8. The Morgan fingerprint density at radius 1 is 1.10 bits per heavy atom. The van der Waals surface area contributed by atoms with Gasteiger partial charge in [-0.1, -0.05) is 0 Å². The molecule has 0 amide bonds. The molecule has 1 aromatic heterocycles. The minimum atomic E-state index is 0.643. The Balaban J connectivity index is 1.71. The predicted octanol–water partition coefficient (Wildman–Crippen LogP) is 2.24. The smallest absolute Gasteiger partial charge is 0.0739 e. The van der Waals surface area contributed by atoms with Crippen LogP contribution < -0.4 is 16.0 Å². The number of nitrogens with two attached hydrogens (primary N) is 1. The van der Waals surface area contributed by atoms with Crippen LogP contribution in [0.3, 0.4) is 0 Å². The van der Waals surface area contributed by atoms with Crippen molar-refractivity contribution >= 4 is 22.7 Å². The second-order valence-corrected chi connectivity index (χ2v) is 4.73. The summed E-state index contributed by atoms with van der Waals surface area (Å²) in [6.07, 6.45) is 3.37. The lowest BCUT2D eigenvalue weighted by Gasteiger charge is -2.29. The van der Waals surface area contributed by atoms with E-state index in [4.69, 9.17) is 10.5 Å². The molecule has 0 unspecified atom stereocenters. The molecule has 20 heavy (non-hydrogen) atoms. The molecular weight excluding hydrogens is 252 g/mol. The minimum absolute atomic E-state index is 0.643. The number of hydrogen-bond acceptors (Lipinski definition) is 5. The molecule has 3 rings (SSSR count). The highest BCUT2D eigenvalue weighted by Crippen LogP contribution is 2.24. The monoisotopic (exact) mass is 270 g/mol. The van der Waals surface area contributed by atoms with Gasteiger partial charge in [-0.25, -0.2) is 0 Å². The van der Waals surface area contributed by atoms with Crippen molar-refractivity contribution in [3.05, 3.63) is 42.7 Å². The summed E-state index contributed by atoms with van der Waals surface area (Å²) in [5.74, 6) is 0. The maximum Gasteiger partial charge on any atom is 0.0739 e. The van der Waals surface area contributed by atoms with E-state index < -0.39 is 0 Å². The number of hydrogen-bond donors (Lipinski definition) is 2. The van der Waals surface area contributed by atoms with E-state index in [2.05, 4.69) is 39.5 Å². The molecule has 0 spiro atoms. The fraction of sp³-hybridized carbons (Fsp3) is 0.267. The van der Waals surface area contributed by atoms with Gasteiger partial charge in [0.25, 0.3) is 0 Å². The zero-order valence-corrected chi connectivity index (χ0v) is 11.2.